The van der Waals surface area contributed by atoms with Gasteiger partial charge in [0, 0.05) is 28.1 Å². The van der Waals surface area contributed by atoms with Gasteiger partial charge < -0.3 is 5.32 Å². The van der Waals surface area contributed by atoms with Crippen LogP contribution in [-0.2, 0) is 0 Å². The molecule has 6 heteroatoms. The van der Waals surface area contributed by atoms with Gasteiger partial charge in [0.25, 0.3) is 11.6 Å². The molecule has 0 radical (unpaired) electrons. The van der Waals surface area contributed by atoms with Gasteiger partial charge in [0.05, 0.1) is 4.92 Å². The van der Waals surface area contributed by atoms with E-state index in [9.17, 15) is 14.9 Å². The van der Waals surface area contributed by atoms with Crippen molar-refractivity contribution in [2.24, 2.45) is 0 Å². The maximum atomic E-state index is 12.3. The number of nitro benzene ring substituents is 1. The predicted molar refractivity (Wildman–Crippen MR) is 82.4 cm³/mol. The number of hydrogen-bond donors (Lipinski definition) is 1. The van der Waals surface area contributed by atoms with Crippen molar-refractivity contribution in [1.29, 1.82) is 0 Å². The van der Waals surface area contributed by atoms with Crippen molar-refractivity contribution >= 4 is 27.5 Å². The molecule has 1 amide bonds. The summed E-state index contributed by atoms with van der Waals surface area (Å²) < 4.78 is 0. The molecule has 110 valence electrons. The van der Waals surface area contributed by atoms with Crippen LogP contribution >= 0.6 is 15.9 Å². The lowest BCUT2D eigenvalue weighted by atomic mass is 9.95. The SMILES string of the molecule is CCC(CC)(CBr)NC(=O)c1ccc(C)c([N+](=O)[O-])c1. The van der Waals surface area contributed by atoms with Crippen LogP contribution in [0.3, 0.4) is 0 Å². The number of halogens is 1. The van der Waals surface area contributed by atoms with Crippen molar-refractivity contribution in [2.45, 2.75) is 39.2 Å². The zero-order valence-corrected chi connectivity index (χ0v) is 13.5. The Balaban J connectivity index is 3.04. The van der Waals surface area contributed by atoms with E-state index in [0.717, 1.165) is 12.8 Å². The molecule has 5 nitrogen and oxygen atoms in total. The van der Waals surface area contributed by atoms with Crippen LogP contribution in [0.1, 0.15) is 42.6 Å². The topological polar surface area (TPSA) is 72.2 Å². The molecular formula is C14H19BrN2O3. The zero-order chi connectivity index (χ0) is 15.3. The number of nitrogens with zero attached hydrogens (tertiary/aromatic N) is 1. The lowest BCUT2D eigenvalue weighted by molar-refractivity contribution is -0.385. The van der Waals surface area contributed by atoms with Crippen LogP contribution in [0.25, 0.3) is 0 Å². The van der Waals surface area contributed by atoms with Gasteiger partial charge in [-0.2, -0.15) is 0 Å². The van der Waals surface area contributed by atoms with Crippen LogP contribution in [0, 0.1) is 17.0 Å². The summed E-state index contributed by atoms with van der Waals surface area (Å²) in [4.78, 5) is 22.7. The molecule has 0 fully saturated rings. The minimum absolute atomic E-state index is 0.0323. The molecule has 0 heterocycles. The molecule has 0 saturated heterocycles. The van der Waals surface area contributed by atoms with Gasteiger partial charge >= 0.3 is 0 Å². The molecule has 20 heavy (non-hydrogen) atoms. The van der Waals surface area contributed by atoms with Gasteiger partial charge in [0.1, 0.15) is 0 Å². The first-order valence-electron chi connectivity index (χ1n) is 6.52. The molecule has 0 aliphatic carbocycles. The number of amides is 1. The Morgan fingerprint density at radius 1 is 1.40 bits per heavy atom. The lowest BCUT2D eigenvalue weighted by Gasteiger charge is -2.30. The van der Waals surface area contributed by atoms with Crippen LogP contribution in [0.5, 0.6) is 0 Å². The Morgan fingerprint density at radius 2 is 2.00 bits per heavy atom. The Morgan fingerprint density at radius 3 is 2.45 bits per heavy atom. The summed E-state index contributed by atoms with van der Waals surface area (Å²) in [5.74, 6) is -0.281. The second kappa shape index (κ2) is 6.83. The fourth-order valence-electron chi connectivity index (χ4n) is 1.91. The number of benzene rings is 1. The average molecular weight is 343 g/mol. The van der Waals surface area contributed by atoms with Gasteiger partial charge in [-0.05, 0) is 25.8 Å². The van der Waals surface area contributed by atoms with Crippen LogP contribution in [0.15, 0.2) is 18.2 Å². The summed E-state index contributed by atoms with van der Waals surface area (Å²) in [5.41, 5.74) is 0.505. The highest BCUT2D eigenvalue weighted by molar-refractivity contribution is 9.09. The largest absolute Gasteiger partial charge is 0.346 e. The van der Waals surface area contributed by atoms with E-state index in [1.165, 1.54) is 6.07 Å². The first kappa shape index (κ1) is 16.6. The van der Waals surface area contributed by atoms with E-state index in [1.807, 2.05) is 13.8 Å². The number of carbonyl (C=O) groups is 1. The van der Waals surface area contributed by atoms with Crippen molar-refractivity contribution in [2.75, 3.05) is 5.33 Å². The molecular weight excluding hydrogens is 324 g/mol. The number of alkyl halides is 1. The van der Waals surface area contributed by atoms with Gasteiger partial charge in [-0.25, -0.2) is 0 Å². The fourth-order valence-corrected chi connectivity index (χ4v) is 2.84. The smallest absolute Gasteiger partial charge is 0.273 e. The fraction of sp³-hybridized carbons (Fsp3) is 0.500. The molecule has 0 aromatic heterocycles. The molecule has 0 bridgehead atoms. The second-order valence-corrected chi connectivity index (χ2v) is 5.39. The second-order valence-electron chi connectivity index (χ2n) is 4.83. The normalized spacial score (nSPS) is 11.2. The standard InChI is InChI=1S/C14H19BrN2O3/c1-4-14(5-2,9-15)16-13(18)11-7-6-10(3)12(8-11)17(19)20/h6-8H,4-5,9H2,1-3H3,(H,16,18). The molecule has 0 saturated carbocycles. The lowest BCUT2D eigenvalue weighted by Crippen LogP contribution is -2.49. The molecule has 0 unspecified atom stereocenters. The maximum absolute atomic E-state index is 12.3. The molecule has 0 spiro atoms. The van der Waals surface area contributed by atoms with Gasteiger partial charge in [-0.1, -0.05) is 35.8 Å². The maximum Gasteiger partial charge on any atom is 0.273 e. The highest BCUT2D eigenvalue weighted by atomic mass is 79.9. The summed E-state index contributed by atoms with van der Waals surface area (Å²) >= 11 is 3.42. The number of nitrogens with one attached hydrogen (secondary N) is 1. The average Bonchev–Trinajstić information content (AvgIpc) is 2.45. The van der Waals surface area contributed by atoms with Crippen molar-refractivity contribution in [3.63, 3.8) is 0 Å². The predicted octanol–water partition coefficient (Wildman–Crippen LogP) is 3.59. The summed E-state index contributed by atoms with van der Waals surface area (Å²) in [5, 5.41) is 14.5. The third-order valence-corrected chi connectivity index (χ3v) is 4.73. The minimum atomic E-state index is -0.469. The molecule has 0 aliphatic heterocycles. The quantitative estimate of drug-likeness (QED) is 0.487. The van der Waals surface area contributed by atoms with Crippen molar-refractivity contribution in [3.8, 4) is 0 Å². The van der Waals surface area contributed by atoms with Gasteiger partial charge in [-0.3, -0.25) is 14.9 Å². The summed E-state index contributed by atoms with van der Waals surface area (Å²) in [6, 6.07) is 4.54. The van der Waals surface area contributed by atoms with E-state index in [2.05, 4.69) is 21.2 Å². The Hall–Kier alpha value is -1.43. The first-order valence-corrected chi connectivity index (χ1v) is 7.64. The van der Waals surface area contributed by atoms with Crippen molar-refractivity contribution in [3.05, 3.63) is 39.4 Å². The van der Waals surface area contributed by atoms with Crippen LogP contribution in [-0.4, -0.2) is 21.7 Å². The van der Waals surface area contributed by atoms with Gasteiger partial charge in [-0.15, -0.1) is 0 Å². The van der Waals surface area contributed by atoms with Crippen LogP contribution in [0.4, 0.5) is 5.69 Å². The van der Waals surface area contributed by atoms with E-state index in [1.54, 1.807) is 19.1 Å². The monoisotopic (exact) mass is 342 g/mol. The zero-order valence-electron chi connectivity index (χ0n) is 11.9. The highest BCUT2D eigenvalue weighted by Gasteiger charge is 2.27. The Labute approximate surface area is 127 Å². The Kier molecular flexibility index (Phi) is 5.68. The minimum Gasteiger partial charge on any atom is -0.346 e. The third-order valence-electron chi connectivity index (χ3n) is 3.66. The number of hydrogen-bond acceptors (Lipinski definition) is 3. The Bertz CT molecular complexity index is 505. The van der Waals surface area contributed by atoms with E-state index in [0.29, 0.717) is 16.5 Å². The van der Waals surface area contributed by atoms with Gasteiger partial charge in [0.2, 0.25) is 0 Å². The van der Waals surface area contributed by atoms with E-state index >= 15 is 0 Å². The molecule has 0 aliphatic rings. The first-order chi connectivity index (χ1) is 9.39. The number of carbonyl (C=O) groups excluding carboxylic acids is 1. The van der Waals surface area contributed by atoms with Crippen molar-refractivity contribution in [1.82, 2.24) is 5.32 Å². The number of nitro groups is 1. The molecule has 1 aromatic rings. The van der Waals surface area contributed by atoms with Crippen LogP contribution < -0.4 is 5.32 Å². The summed E-state index contributed by atoms with van der Waals surface area (Å²) in [6.07, 6.45) is 1.57. The third kappa shape index (κ3) is 3.56. The van der Waals surface area contributed by atoms with Crippen LogP contribution in [0.2, 0.25) is 0 Å². The van der Waals surface area contributed by atoms with Gasteiger partial charge in [0.15, 0.2) is 0 Å². The molecule has 1 N–H and O–H groups in total. The van der Waals surface area contributed by atoms with E-state index in [4.69, 9.17) is 0 Å². The molecule has 1 aromatic carbocycles. The molecule has 0 atom stereocenters. The molecule has 1 rings (SSSR count). The summed E-state index contributed by atoms with van der Waals surface area (Å²) in [7, 11) is 0. The highest BCUT2D eigenvalue weighted by Crippen LogP contribution is 2.22. The number of aryl methyl sites for hydroxylation is 1. The van der Waals surface area contributed by atoms with E-state index < -0.39 is 4.92 Å². The van der Waals surface area contributed by atoms with Crippen molar-refractivity contribution < 1.29 is 9.72 Å². The summed E-state index contributed by atoms with van der Waals surface area (Å²) in [6.45, 7) is 5.66. The number of rotatable bonds is 6. The van der Waals surface area contributed by atoms with E-state index in [-0.39, 0.29) is 17.1 Å².